The Kier molecular flexibility index (Phi) is 6.75. The Hall–Kier alpha value is -2.72. The summed E-state index contributed by atoms with van der Waals surface area (Å²) in [4.78, 5) is 9.10. The summed E-state index contributed by atoms with van der Waals surface area (Å²) < 4.78 is 5.76. The van der Waals surface area contributed by atoms with Crippen molar-refractivity contribution in [3.63, 3.8) is 0 Å². The highest BCUT2D eigenvalue weighted by molar-refractivity contribution is 5.36. The number of azide groups is 1. The smallest absolute Gasteiger partial charge is 0.128 e. The number of aryl methyl sites for hydroxylation is 1. The molecule has 0 unspecified atom stereocenters. The molecule has 120 valence electrons. The van der Waals surface area contributed by atoms with E-state index in [1.165, 1.54) is 5.56 Å². The van der Waals surface area contributed by atoms with Crippen molar-refractivity contribution in [1.29, 1.82) is 0 Å². The molecule has 1 heterocycles. The van der Waals surface area contributed by atoms with Crippen molar-refractivity contribution in [2.75, 3.05) is 31.6 Å². The van der Waals surface area contributed by atoms with Gasteiger partial charge in [-0.15, -0.1) is 0 Å². The predicted octanol–water partition coefficient (Wildman–Crippen LogP) is 3.84. The third kappa shape index (κ3) is 5.88. The molecule has 0 radical (unpaired) electrons. The second-order valence-electron chi connectivity index (χ2n) is 5.16. The minimum atomic E-state index is 0.536. The Morgan fingerprint density at radius 1 is 1.22 bits per heavy atom. The average Bonchev–Trinajstić information content (AvgIpc) is 2.60. The first-order valence-electron chi connectivity index (χ1n) is 7.64. The molecule has 0 amide bonds. The fourth-order valence-electron chi connectivity index (χ4n) is 2.15. The Morgan fingerprint density at radius 3 is 2.74 bits per heavy atom. The van der Waals surface area contributed by atoms with Gasteiger partial charge in [-0.05, 0) is 48.2 Å². The number of likely N-dealkylation sites (N-methyl/N-ethyl adjacent to an activating group) is 1. The van der Waals surface area contributed by atoms with Gasteiger partial charge in [0.2, 0.25) is 0 Å². The molecule has 0 bridgehead atoms. The molecule has 2 aromatic rings. The van der Waals surface area contributed by atoms with Crippen molar-refractivity contribution in [3.8, 4) is 5.75 Å². The minimum absolute atomic E-state index is 0.536. The topological polar surface area (TPSA) is 74.1 Å². The molecular formula is C17H21N5O. The van der Waals surface area contributed by atoms with E-state index in [4.69, 9.17) is 10.3 Å². The van der Waals surface area contributed by atoms with Gasteiger partial charge in [0.1, 0.15) is 18.2 Å². The lowest BCUT2D eigenvalue weighted by atomic mass is 10.1. The van der Waals surface area contributed by atoms with Gasteiger partial charge in [0.05, 0.1) is 6.54 Å². The molecular weight excluding hydrogens is 290 g/mol. The summed E-state index contributed by atoms with van der Waals surface area (Å²) in [6, 6.07) is 13.9. The van der Waals surface area contributed by atoms with Crippen LogP contribution in [0, 0.1) is 0 Å². The maximum atomic E-state index is 8.23. The van der Waals surface area contributed by atoms with E-state index in [1.807, 2.05) is 49.5 Å². The molecule has 0 saturated heterocycles. The molecule has 0 fully saturated rings. The van der Waals surface area contributed by atoms with Gasteiger partial charge in [-0.3, -0.25) is 0 Å². The number of benzene rings is 1. The maximum Gasteiger partial charge on any atom is 0.128 e. The van der Waals surface area contributed by atoms with Crippen LogP contribution in [0.2, 0.25) is 0 Å². The van der Waals surface area contributed by atoms with Crippen molar-refractivity contribution in [1.82, 2.24) is 4.98 Å². The number of nitrogens with zero attached hydrogens (tertiary/aromatic N) is 5. The summed E-state index contributed by atoms with van der Waals surface area (Å²) in [6.07, 6.45) is 3.55. The van der Waals surface area contributed by atoms with E-state index < -0.39 is 0 Å². The molecule has 0 N–H and O–H groups in total. The van der Waals surface area contributed by atoms with Crippen molar-refractivity contribution >= 4 is 5.82 Å². The van der Waals surface area contributed by atoms with E-state index in [0.717, 1.165) is 31.0 Å². The van der Waals surface area contributed by atoms with E-state index in [9.17, 15) is 0 Å². The summed E-state index contributed by atoms with van der Waals surface area (Å²) in [5.74, 6) is 1.80. The third-order valence-electron chi connectivity index (χ3n) is 3.45. The second kappa shape index (κ2) is 9.33. The van der Waals surface area contributed by atoms with Crippen LogP contribution in [0.15, 0.2) is 53.8 Å². The number of aromatic nitrogens is 1. The molecule has 6 nitrogen and oxygen atoms in total. The first kappa shape index (κ1) is 16.6. The van der Waals surface area contributed by atoms with Gasteiger partial charge < -0.3 is 9.64 Å². The van der Waals surface area contributed by atoms with Crippen LogP contribution in [0.5, 0.6) is 5.75 Å². The van der Waals surface area contributed by atoms with Crippen LogP contribution >= 0.6 is 0 Å². The van der Waals surface area contributed by atoms with Crippen LogP contribution in [-0.4, -0.2) is 31.7 Å². The molecule has 0 aliphatic rings. The van der Waals surface area contributed by atoms with Crippen LogP contribution in [0.4, 0.5) is 5.82 Å². The summed E-state index contributed by atoms with van der Waals surface area (Å²) in [7, 11) is 2.00. The Morgan fingerprint density at radius 2 is 2.04 bits per heavy atom. The zero-order valence-electron chi connectivity index (χ0n) is 13.3. The van der Waals surface area contributed by atoms with Crippen LogP contribution < -0.4 is 9.64 Å². The lowest BCUT2D eigenvalue weighted by molar-refractivity contribution is 0.325. The van der Waals surface area contributed by atoms with Gasteiger partial charge in [-0.2, -0.15) is 0 Å². The zero-order valence-corrected chi connectivity index (χ0v) is 13.3. The third-order valence-corrected chi connectivity index (χ3v) is 3.45. The average molecular weight is 311 g/mol. The number of ether oxygens (including phenoxy) is 1. The molecule has 0 spiro atoms. The van der Waals surface area contributed by atoms with Gasteiger partial charge >= 0.3 is 0 Å². The fraction of sp³-hybridized carbons (Fsp3) is 0.353. The lowest BCUT2D eigenvalue weighted by Gasteiger charge is -2.18. The summed E-state index contributed by atoms with van der Waals surface area (Å²) >= 11 is 0. The van der Waals surface area contributed by atoms with Gasteiger partial charge in [-0.1, -0.05) is 23.3 Å². The molecule has 6 heteroatoms. The van der Waals surface area contributed by atoms with Crippen LogP contribution in [-0.2, 0) is 6.42 Å². The first-order valence-corrected chi connectivity index (χ1v) is 7.64. The van der Waals surface area contributed by atoms with Crippen molar-refractivity contribution in [2.45, 2.75) is 12.8 Å². The molecule has 2 rings (SSSR count). The van der Waals surface area contributed by atoms with Gasteiger partial charge in [0, 0.05) is 24.7 Å². The standard InChI is InChI=1S/C17H21N5O/c1-22(17-6-2-3-11-19-17)13-14-23-16-9-7-15(8-10-16)5-4-12-20-21-18/h2-3,6-11H,4-5,12-14H2,1H3. The fourth-order valence-corrected chi connectivity index (χ4v) is 2.15. The van der Waals surface area contributed by atoms with Gasteiger partial charge in [0.25, 0.3) is 0 Å². The van der Waals surface area contributed by atoms with Crippen LogP contribution in [0.3, 0.4) is 0 Å². The van der Waals surface area contributed by atoms with E-state index in [0.29, 0.717) is 13.2 Å². The highest BCUT2D eigenvalue weighted by atomic mass is 16.5. The molecule has 1 aromatic heterocycles. The number of pyridine rings is 1. The van der Waals surface area contributed by atoms with E-state index in [-0.39, 0.29) is 0 Å². The zero-order chi connectivity index (χ0) is 16.3. The monoisotopic (exact) mass is 311 g/mol. The van der Waals surface area contributed by atoms with Crippen molar-refractivity contribution < 1.29 is 4.74 Å². The van der Waals surface area contributed by atoms with Gasteiger partial charge in [0.15, 0.2) is 0 Å². The number of hydrogen-bond donors (Lipinski definition) is 0. The number of rotatable bonds is 9. The van der Waals surface area contributed by atoms with Gasteiger partial charge in [-0.25, -0.2) is 4.98 Å². The van der Waals surface area contributed by atoms with Crippen LogP contribution in [0.25, 0.3) is 10.4 Å². The SMILES string of the molecule is CN(CCOc1ccc(CCCN=[N+]=[N-])cc1)c1ccccn1. The molecule has 23 heavy (non-hydrogen) atoms. The maximum absolute atomic E-state index is 8.23. The normalized spacial score (nSPS) is 9.96. The summed E-state index contributed by atoms with van der Waals surface area (Å²) in [5, 5.41) is 3.53. The quantitative estimate of drug-likeness (QED) is 0.305. The lowest BCUT2D eigenvalue weighted by Crippen LogP contribution is -2.24. The van der Waals surface area contributed by atoms with Crippen LogP contribution in [0.1, 0.15) is 12.0 Å². The Balaban J connectivity index is 1.72. The summed E-state index contributed by atoms with van der Waals surface area (Å²) in [5.41, 5.74) is 9.45. The molecule has 1 aromatic carbocycles. The Labute approximate surface area is 136 Å². The van der Waals surface area contributed by atoms with E-state index >= 15 is 0 Å². The summed E-state index contributed by atoms with van der Waals surface area (Å²) in [6.45, 7) is 1.91. The molecule has 0 aliphatic heterocycles. The highest BCUT2D eigenvalue weighted by Gasteiger charge is 2.01. The number of anilines is 1. The highest BCUT2D eigenvalue weighted by Crippen LogP contribution is 2.14. The minimum Gasteiger partial charge on any atom is -0.492 e. The van der Waals surface area contributed by atoms with E-state index in [2.05, 4.69) is 19.9 Å². The first-order chi connectivity index (χ1) is 11.3. The molecule has 0 atom stereocenters. The second-order valence-corrected chi connectivity index (χ2v) is 5.16. The van der Waals surface area contributed by atoms with Crippen molar-refractivity contribution in [2.24, 2.45) is 5.11 Å². The molecule has 0 saturated carbocycles. The predicted molar refractivity (Wildman–Crippen MR) is 91.8 cm³/mol. The Bertz CT molecular complexity index is 623. The molecule has 0 aliphatic carbocycles. The largest absolute Gasteiger partial charge is 0.492 e. The van der Waals surface area contributed by atoms with E-state index in [1.54, 1.807) is 6.20 Å². The van der Waals surface area contributed by atoms with Crippen molar-refractivity contribution in [3.05, 3.63) is 64.7 Å². The number of hydrogen-bond acceptors (Lipinski definition) is 4.